The number of hydrogen-bond donors (Lipinski definition) is 2. The average molecular weight is 399 g/mol. The zero-order chi connectivity index (χ0) is 18.7. The minimum absolute atomic E-state index is 0. The van der Waals surface area contributed by atoms with Gasteiger partial charge in [-0.1, -0.05) is 19.1 Å². The third kappa shape index (κ3) is 5.13. The van der Waals surface area contributed by atoms with Crippen LogP contribution in [0.4, 0.5) is 23.7 Å². The molecule has 1 aromatic carbocycles. The van der Waals surface area contributed by atoms with E-state index in [0.717, 1.165) is 23.3 Å². The zero-order valence-electron chi connectivity index (χ0n) is 14.4. The van der Waals surface area contributed by atoms with Gasteiger partial charge in [0, 0.05) is 17.4 Å². The van der Waals surface area contributed by atoms with E-state index in [1.807, 2.05) is 28.8 Å². The van der Waals surface area contributed by atoms with Gasteiger partial charge < -0.3 is 10.6 Å². The normalized spacial score (nSPS) is 11.1. The summed E-state index contributed by atoms with van der Waals surface area (Å²) in [6.45, 7) is 0.681. The van der Waals surface area contributed by atoms with Crippen molar-refractivity contribution in [3.8, 4) is 11.3 Å². The lowest BCUT2D eigenvalue weighted by Crippen LogP contribution is -2.36. The number of pyridine rings is 1. The summed E-state index contributed by atoms with van der Waals surface area (Å²) in [5.74, 6) is 0. The van der Waals surface area contributed by atoms with Crippen LogP contribution in [0.15, 0.2) is 48.8 Å². The van der Waals surface area contributed by atoms with Gasteiger partial charge >= 0.3 is 12.2 Å². The molecule has 27 heavy (non-hydrogen) atoms. The number of aryl methyl sites for hydroxylation is 1. The number of benzene rings is 1. The van der Waals surface area contributed by atoms with Crippen molar-refractivity contribution in [1.29, 1.82) is 0 Å². The number of imidazole rings is 1. The number of hydrogen-bond acceptors (Lipinski definition) is 2. The molecule has 3 aromatic rings. The van der Waals surface area contributed by atoms with Crippen molar-refractivity contribution >= 4 is 29.8 Å². The number of rotatable bonds is 4. The summed E-state index contributed by atoms with van der Waals surface area (Å²) < 4.78 is 38.4. The van der Waals surface area contributed by atoms with Crippen molar-refractivity contribution in [3.63, 3.8) is 0 Å². The minimum Gasteiger partial charge on any atom is -0.329 e. The van der Waals surface area contributed by atoms with Crippen molar-refractivity contribution in [2.45, 2.75) is 19.5 Å². The Kier molecular flexibility index (Phi) is 6.32. The SMILES string of the molecule is CCc1ccn2c(-c3cccc(NC(=O)NCC(F)(F)F)c3)cnc2c1.Cl. The van der Waals surface area contributed by atoms with Gasteiger partial charge in [-0.3, -0.25) is 4.40 Å². The predicted octanol–water partition coefficient (Wildman–Crippen LogP) is 4.67. The maximum Gasteiger partial charge on any atom is 0.405 e. The number of amides is 2. The number of halogens is 4. The molecule has 0 fully saturated rings. The van der Waals surface area contributed by atoms with E-state index in [1.165, 1.54) is 5.56 Å². The van der Waals surface area contributed by atoms with Crippen LogP contribution in [0.5, 0.6) is 0 Å². The molecule has 0 aliphatic rings. The highest BCUT2D eigenvalue weighted by molar-refractivity contribution is 5.90. The Morgan fingerprint density at radius 1 is 1.22 bits per heavy atom. The first-order valence-electron chi connectivity index (χ1n) is 8.04. The second kappa shape index (κ2) is 8.30. The molecule has 0 saturated heterocycles. The molecule has 0 unspecified atom stereocenters. The maximum atomic E-state index is 12.2. The highest BCUT2D eigenvalue weighted by Gasteiger charge is 2.27. The van der Waals surface area contributed by atoms with Gasteiger partial charge in [0.05, 0.1) is 11.9 Å². The second-order valence-corrected chi connectivity index (χ2v) is 5.76. The first-order valence-corrected chi connectivity index (χ1v) is 8.04. The number of aromatic nitrogens is 2. The third-order valence-corrected chi connectivity index (χ3v) is 3.85. The Hall–Kier alpha value is -2.74. The van der Waals surface area contributed by atoms with Crippen LogP contribution in [0.3, 0.4) is 0 Å². The van der Waals surface area contributed by atoms with Gasteiger partial charge in [-0.25, -0.2) is 9.78 Å². The molecule has 144 valence electrons. The number of nitrogens with zero attached hydrogens (tertiary/aromatic N) is 2. The summed E-state index contributed by atoms with van der Waals surface area (Å²) in [5, 5.41) is 4.18. The Morgan fingerprint density at radius 3 is 2.70 bits per heavy atom. The number of anilines is 1. The highest BCUT2D eigenvalue weighted by Crippen LogP contribution is 2.24. The lowest BCUT2D eigenvalue weighted by Gasteiger charge is -2.10. The van der Waals surface area contributed by atoms with Crippen LogP contribution in [-0.4, -0.2) is 28.1 Å². The largest absolute Gasteiger partial charge is 0.405 e. The molecule has 0 radical (unpaired) electrons. The van der Waals surface area contributed by atoms with Crippen molar-refractivity contribution < 1.29 is 18.0 Å². The fraction of sp³-hybridized carbons (Fsp3) is 0.222. The molecular formula is C18H18ClF3N4O. The van der Waals surface area contributed by atoms with Crippen LogP contribution >= 0.6 is 12.4 Å². The first-order chi connectivity index (χ1) is 12.4. The summed E-state index contributed by atoms with van der Waals surface area (Å²) in [6, 6.07) is 9.94. The molecule has 5 nitrogen and oxygen atoms in total. The van der Waals surface area contributed by atoms with Crippen LogP contribution in [0.1, 0.15) is 12.5 Å². The van der Waals surface area contributed by atoms with E-state index in [0.29, 0.717) is 5.69 Å². The fourth-order valence-electron chi connectivity index (χ4n) is 2.57. The lowest BCUT2D eigenvalue weighted by atomic mass is 10.1. The topological polar surface area (TPSA) is 58.4 Å². The highest BCUT2D eigenvalue weighted by atomic mass is 35.5. The summed E-state index contributed by atoms with van der Waals surface area (Å²) in [7, 11) is 0. The predicted molar refractivity (Wildman–Crippen MR) is 100 cm³/mol. The molecule has 2 amide bonds. The zero-order valence-corrected chi connectivity index (χ0v) is 15.2. The van der Waals surface area contributed by atoms with Crippen molar-refractivity contribution in [3.05, 3.63) is 54.4 Å². The minimum atomic E-state index is -4.45. The Morgan fingerprint density at radius 2 is 2.00 bits per heavy atom. The van der Waals surface area contributed by atoms with Gasteiger partial charge in [-0.05, 0) is 36.2 Å². The number of carbonyl (C=O) groups excluding carboxylic acids is 1. The Bertz CT molecular complexity index is 940. The van der Waals surface area contributed by atoms with Gasteiger partial charge in [0.25, 0.3) is 0 Å². The molecule has 0 aliphatic heterocycles. The number of fused-ring (bicyclic) bond motifs is 1. The molecule has 0 saturated carbocycles. The van der Waals surface area contributed by atoms with E-state index in [1.54, 1.807) is 29.7 Å². The molecule has 2 aromatic heterocycles. The number of alkyl halides is 3. The second-order valence-electron chi connectivity index (χ2n) is 5.76. The smallest absolute Gasteiger partial charge is 0.329 e. The molecule has 2 N–H and O–H groups in total. The van der Waals surface area contributed by atoms with E-state index in [9.17, 15) is 18.0 Å². The molecule has 9 heteroatoms. The monoisotopic (exact) mass is 398 g/mol. The van der Waals surface area contributed by atoms with Crippen LogP contribution < -0.4 is 10.6 Å². The van der Waals surface area contributed by atoms with Gasteiger partial charge in [0.15, 0.2) is 0 Å². The molecule has 0 atom stereocenters. The summed E-state index contributed by atoms with van der Waals surface area (Å²) in [4.78, 5) is 16.0. The molecule has 0 bridgehead atoms. The maximum absolute atomic E-state index is 12.2. The lowest BCUT2D eigenvalue weighted by molar-refractivity contribution is -0.122. The van der Waals surface area contributed by atoms with Crippen molar-refractivity contribution in [2.75, 3.05) is 11.9 Å². The summed E-state index contributed by atoms with van der Waals surface area (Å²) in [6.07, 6.45) is 0.0996. The molecular weight excluding hydrogens is 381 g/mol. The van der Waals surface area contributed by atoms with E-state index in [4.69, 9.17) is 0 Å². The van der Waals surface area contributed by atoms with E-state index < -0.39 is 18.8 Å². The first kappa shape index (κ1) is 20.6. The van der Waals surface area contributed by atoms with E-state index in [-0.39, 0.29) is 12.4 Å². The van der Waals surface area contributed by atoms with Crippen LogP contribution in [0.2, 0.25) is 0 Å². The van der Waals surface area contributed by atoms with Gasteiger partial charge in [0.2, 0.25) is 0 Å². The van der Waals surface area contributed by atoms with Gasteiger partial charge in [-0.15, -0.1) is 12.4 Å². The molecule has 3 rings (SSSR count). The Balaban J connectivity index is 0.00000261. The van der Waals surface area contributed by atoms with Crippen molar-refractivity contribution in [1.82, 2.24) is 14.7 Å². The standard InChI is InChI=1S/C18H17F3N4O.ClH/c1-2-12-6-7-25-15(10-22-16(25)8-12)13-4-3-5-14(9-13)24-17(26)23-11-18(19,20)21;/h3-10H,2,11H2,1H3,(H2,23,24,26);1H. The van der Waals surface area contributed by atoms with Gasteiger partial charge in [-0.2, -0.15) is 13.2 Å². The third-order valence-electron chi connectivity index (χ3n) is 3.85. The summed E-state index contributed by atoms with van der Waals surface area (Å²) in [5.41, 5.74) is 3.98. The van der Waals surface area contributed by atoms with Gasteiger partial charge in [0.1, 0.15) is 12.2 Å². The number of urea groups is 1. The number of carbonyl (C=O) groups is 1. The van der Waals surface area contributed by atoms with Crippen LogP contribution in [-0.2, 0) is 6.42 Å². The van der Waals surface area contributed by atoms with E-state index in [2.05, 4.69) is 17.2 Å². The summed E-state index contributed by atoms with van der Waals surface area (Å²) >= 11 is 0. The van der Waals surface area contributed by atoms with Crippen LogP contribution in [0.25, 0.3) is 16.9 Å². The fourth-order valence-corrected chi connectivity index (χ4v) is 2.57. The van der Waals surface area contributed by atoms with Crippen molar-refractivity contribution in [2.24, 2.45) is 0 Å². The molecule has 2 heterocycles. The van der Waals surface area contributed by atoms with E-state index >= 15 is 0 Å². The molecule has 0 aliphatic carbocycles. The average Bonchev–Trinajstić information content (AvgIpc) is 3.02. The Labute approximate surface area is 160 Å². The van der Waals surface area contributed by atoms with Crippen LogP contribution in [0, 0.1) is 0 Å². The quantitative estimate of drug-likeness (QED) is 0.671. The number of nitrogens with one attached hydrogen (secondary N) is 2. The molecule has 0 spiro atoms.